The second-order valence-electron chi connectivity index (χ2n) is 3.83. The molecule has 0 radical (unpaired) electrons. The van der Waals surface area contributed by atoms with E-state index in [0.29, 0.717) is 23.0 Å². The molecule has 1 aliphatic heterocycles. The number of hydrogen-bond donors (Lipinski definition) is 0. The highest BCUT2D eigenvalue weighted by atomic mass is 35.5. The van der Waals surface area contributed by atoms with Crippen LogP contribution in [0.1, 0.15) is 6.92 Å². The summed E-state index contributed by atoms with van der Waals surface area (Å²) in [6.07, 6.45) is 1.01. The highest BCUT2D eigenvalue weighted by Crippen LogP contribution is 2.36. The maximum atomic E-state index is 11.6. The van der Waals surface area contributed by atoms with Gasteiger partial charge in [-0.2, -0.15) is 0 Å². The van der Waals surface area contributed by atoms with Gasteiger partial charge in [-0.3, -0.25) is 4.31 Å². The summed E-state index contributed by atoms with van der Waals surface area (Å²) in [5, 5.41) is 0.491. The minimum Gasteiger partial charge on any atom is -0.487 e. The normalized spacial score (nSPS) is 20.2. The SMILES string of the molecule is C[C@H]1CN(S(C)(=O)=O)c2cc(Cl)ccc2O1. The average molecular weight is 262 g/mol. The quantitative estimate of drug-likeness (QED) is 0.776. The van der Waals surface area contributed by atoms with Crippen LogP contribution in [0.4, 0.5) is 5.69 Å². The van der Waals surface area contributed by atoms with Gasteiger partial charge < -0.3 is 4.74 Å². The van der Waals surface area contributed by atoms with Crippen molar-refractivity contribution in [1.82, 2.24) is 0 Å². The first-order valence-electron chi connectivity index (χ1n) is 4.82. The monoisotopic (exact) mass is 261 g/mol. The molecule has 1 heterocycles. The van der Waals surface area contributed by atoms with E-state index >= 15 is 0 Å². The predicted octanol–water partition coefficient (Wildman–Crippen LogP) is 1.89. The van der Waals surface area contributed by atoms with Gasteiger partial charge in [0.1, 0.15) is 11.9 Å². The molecule has 0 bridgehead atoms. The molecule has 0 saturated carbocycles. The van der Waals surface area contributed by atoms with E-state index in [4.69, 9.17) is 16.3 Å². The number of halogens is 1. The summed E-state index contributed by atoms with van der Waals surface area (Å²) >= 11 is 5.85. The van der Waals surface area contributed by atoms with Crippen molar-refractivity contribution in [2.45, 2.75) is 13.0 Å². The molecule has 0 fully saturated rings. The van der Waals surface area contributed by atoms with Crippen LogP contribution < -0.4 is 9.04 Å². The minimum atomic E-state index is -3.29. The van der Waals surface area contributed by atoms with Gasteiger partial charge in [0.15, 0.2) is 0 Å². The molecular formula is C10H12ClNO3S. The second kappa shape index (κ2) is 3.82. The third-order valence-electron chi connectivity index (χ3n) is 2.34. The highest BCUT2D eigenvalue weighted by Gasteiger charge is 2.28. The Kier molecular flexibility index (Phi) is 2.75. The lowest BCUT2D eigenvalue weighted by molar-refractivity contribution is 0.219. The van der Waals surface area contributed by atoms with Gasteiger partial charge in [0.05, 0.1) is 18.5 Å². The van der Waals surface area contributed by atoms with Crippen molar-refractivity contribution in [3.63, 3.8) is 0 Å². The van der Waals surface area contributed by atoms with Crippen LogP contribution in [0.2, 0.25) is 5.02 Å². The van der Waals surface area contributed by atoms with Gasteiger partial charge in [0.25, 0.3) is 0 Å². The summed E-state index contributed by atoms with van der Waals surface area (Å²) in [5.41, 5.74) is 0.508. The van der Waals surface area contributed by atoms with Crippen molar-refractivity contribution >= 4 is 27.3 Å². The zero-order chi connectivity index (χ0) is 11.9. The molecule has 2 rings (SSSR count). The first-order valence-corrected chi connectivity index (χ1v) is 7.04. The summed E-state index contributed by atoms with van der Waals surface area (Å²) in [6.45, 7) is 2.14. The van der Waals surface area contributed by atoms with E-state index in [1.54, 1.807) is 18.2 Å². The molecule has 0 unspecified atom stereocenters. The van der Waals surface area contributed by atoms with Gasteiger partial charge in [0, 0.05) is 5.02 Å². The fraction of sp³-hybridized carbons (Fsp3) is 0.400. The molecule has 0 spiro atoms. The Bertz CT molecular complexity index is 515. The molecule has 0 saturated heterocycles. The third-order valence-corrected chi connectivity index (χ3v) is 3.72. The van der Waals surface area contributed by atoms with Crippen LogP contribution in [-0.4, -0.2) is 27.3 Å². The van der Waals surface area contributed by atoms with Gasteiger partial charge in [-0.05, 0) is 25.1 Å². The van der Waals surface area contributed by atoms with Crippen molar-refractivity contribution in [3.8, 4) is 5.75 Å². The first kappa shape index (κ1) is 11.5. The molecule has 0 aromatic heterocycles. The summed E-state index contributed by atoms with van der Waals surface area (Å²) in [7, 11) is -3.29. The summed E-state index contributed by atoms with van der Waals surface area (Å²) in [6, 6.07) is 4.97. The van der Waals surface area contributed by atoms with Crippen LogP contribution in [0, 0.1) is 0 Å². The van der Waals surface area contributed by atoms with Gasteiger partial charge >= 0.3 is 0 Å². The molecule has 1 aromatic rings. The molecule has 1 aromatic carbocycles. The van der Waals surface area contributed by atoms with Crippen LogP contribution >= 0.6 is 11.6 Å². The van der Waals surface area contributed by atoms with Crippen LogP contribution in [0.5, 0.6) is 5.75 Å². The molecule has 0 amide bonds. The number of sulfonamides is 1. The van der Waals surface area contributed by atoms with E-state index in [1.165, 1.54) is 10.6 Å². The molecule has 16 heavy (non-hydrogen) atoms. The topological polar surface area (TPSA) is 46.6 Å². The van der Waals surface area contributed by atoms with Gasteiger partial charge in [0.2, 0.25) is 10.0 Å². The predicted molar refractivity (Wildman–Crippen MR) is 63.7 cm³/mol. The summed E-state index contributed by atoms with van der Waals surface area (Å²) < 4.78 is 30.1. The van der Waals surface area contributed by atoms with Crippen LogP contribution in [0.3, 0.4) is 0 Å². The van der Waals surface area contributed by atoms with Gasteiger partial charge in [-0.15, -0.1) is 0 Å². The van der Waals surface area contributed by atoms with Crippen molar-refractivity contribution in [2.75, 3.05) is 17.1 Å². The molecule has 1 aliphatic rings. The zero-order valence-corrected chi connectivity index (χ0v) is 10.5. The fourth-order valence-electron chi connectivity index (χ4n) is 1.69. The molecule has 6 heteroatoms. The number of fused-ring (bicyclic) bond motifs is 1. The lowest BCUT2D eigenvalue weighted by Gasteiger charge is -2.33. The van der Waals surface area contributed by atoms with Crippen LogP contribution in [0.15, 0.2) is 18.2 Å². The molecule has 4 nitrogen and oxygen atoms in total. The standard InChI is InChI=1S/C10H12ClNO3S/c1-7-6-12(16(2,13)14)9-5-8(11)3-4-10(9)15-7/h3-5,7H,6H2,1-2H3/t7-/m0/s1. The van der Waals surface area contributed by atoms with E-state index in [9.17, 15) is 8.42 Å². The third kappa shape index (κ3) is 2.10. The van der Waals surface area contributed by atoms with E-state index in [2.05, 4.69) is 0 Å². The Hall–Kier alpha value is -0.940. The number of nitrogens with zero attached hydrogens (tertiary/aromatic N) is 1. The van der Waals surface area contributed by atoms with E-state index < -0.39 is 10.0 Å². The highest BCUT2D eigenvalue weighted by molar-refractivity contribution is 7.92. The lowest BCUT2D eigenvalue weighted by atomic mass is 10.2. The number of hydrogen-bond acceptors (Lipinski definition) is 3. The summed E-state index contributed by atoms with van der Waals surface area (Å²) in [4.78, 5) is 0. The summed E-state index contributed by atoms with van der Waals surface area (Å²) in [5.74, 6) is 0.550. The van der Waals surface area contributed by atoms with E-state index in [0.717, 1.165) is 0 Å². The Morgan fingerprint density at radius 2 is 2.19 bits per heavy atom. The Morgan fingerprint density at radius 1 is 1.50 bits per heavy atom. The number of anilines is 1. The van der Waals surface area contributed by atoms with Crippen LogP contribution in [0.25, 0.3) is 0 Å². The average Bonchev–Trinajstić information content (AvgIpc) is 2.16. The number of benzene rings is 1. The Labute approximate surface area is 99.8 Å². The fourth-order valence-corrected chi connectivity index (χ4v) is 2.83. The van der Waals surface area contributed by atoms with Crippen molar-refractivity contribution < 1.29 is 13.2 Å². The zero-order valence-electron chi connectivity index (χ0n) is 8.97. The lowest BCUT2D eigenvalue weighted by Crippen LogP contribution is -2.41. The van der Waals surface area contributed by atoms with E-state index in [-0.39, 0.29) is 6.10 Å². The first-order chi connectivity index (χ1) is 7.38. The molecule has 1 atom stereocenters. The Balaban J connectivity index is 2.56. The molecular weight excluding hydrogens is 250 g/mol. The van der Waals surface area contributed by atoms with Gasteiger partial charge in [-0.25, -0.2) is 8.42 Å². The second-order valence-corrected chi connectivity index (χ2v) is 6.18. The largest absolute Gasteiger partial charge is 0.487 e. The maximum absolute atomic E-state index is 11.6. The van der Waals surface area contributed by atoms with Crippen molar-refractivity contribution in [2.24, 2.45) is 0 Å². The number of ether oxygens (including phenoxy) is 1. The van der Waals surface area contributed by atoms with Crippen molar-refractivity contribution in [1.29, 1.82) is 0 Å². The van der Waals surface area contributed by atoms with Crippen LogP contribution in [-0.2, 0) is 10.0 Å². The smallest absolute Gasteiger partial charge is 0.232 e. The molecule has 0 aliphatic carbocycles. The molecule has 88 valence electrons. The maximum Gasteiger partial charge on any atom is 0.232 e. The van der Waals surface area contributed by atoms with E-state index in [1.807, 2.05) is 6.92 Å². The minimum absolute atomic E-state index is 0.164. The van der Waals surface area contributed by atoms with Crippen molar-refractivity contribution in [3.05, 3.63) is 23.2 Å². The number of rotatable bonds is 1. The van der Waals surface area contributed by atoms with Gasteiger partial charge in [-0.1, -0.05) is 11.6 Å². The molecule has 0 N–H and O–H groups in total. The Morgan fingerprint density at radius 3 is 2.81 bits per heavy atom.